The van der Waals surface area contributed by atoms with Crippen LogP contribution in [0.1, 0.15) is 0 Å². The molecule has 9 aromatic rings. The van der Waals surface area contributed by atoms with Crippen LogP contribution in [-0.2, 0) is 0 Å². The van der Waals surface area contributed by atoms with Crippen LogP contribution in [0.5, 0.6) is 0 Å². The van der Waals surface area contributed by atoms with Gasteiger partial charge in [0.25, 0.3) is 0 Å². The number of hydrogen-bond acceptors (Lipinski definition) is 2. The zero-order valence-corrected chi connectivity index (χ0v) is 23.3. The second-order valence-electron chi connectivity index (χ2n) is 11.1. The van der Waals surface area contributed by atoms with Crippen molar-refractivity contribution < 1.29 is 4.42 Å². The van der Waals surface area contributed by atoms with Crippen LogP contribution >= 0.6 is 0 Å². The van der Waals surface area contributed by atoms with Crippen molar-refractivity contribution in [3.63, 3.8) is 0 Å². The molecule has 0 fully saturated rings. The predicted molar refractivity (Wildman–Crippen MR) is 180 cm³/mol. The molecule has 2 heterocycles. The summed E-state index contributed by atoms with van der Waals surface area (Å²) >= 11 is 0. The molecule has 0 radical (unpaired) electrons. The Morgan fingerprint density at radius 2 is 1.00 bits per heavy atom. The highest BCUT2D eigenvalue weighted by Gasteiger charge is 2.17. The Kier molecular flexibility index (Phi) is 5.23. The fourth-order valence-electron chi connectivity index (χ4n) is 6.77. The number of nitrogens with zero attached hydrogens (tertiary/aromatic N) is 1. The van der Waals surface area contributed by atoms with Crippen molar-refractivity contribution in [1.29, 1.82) is 0 Å². The fourth-order valence-corrected chi connectivity index (χ4v) is 6.77. The highest BCUT2D eigenvalue weighted by atomic mass is 16.3. The molecule has 0 spiro atoms. The zero-order valence-electron chi connectivity index (χ0n) is 23.3. The van der Waals surface area contributed by atoms with Gasteiger partial charge in [-0.1, -0.05) is 121 Å². The molecule has 0 saturated heterocycles. The molecule has 9 rings (SSSR count). The maximum absolute atomic E-state index is 6.33. The molecule has 0 aliphatic heterocycles. The quantitative estimate of drug-likeness (QED) is 0.206. The van der Waals surface area contributed by atoms with E-state index in [0.717, 1.165) is 33.4 Å². The highest BCUT2D eigenvalue weighted by Crippen LogP contribution is 2.43. The first-order valence-electron chi connectivity index (χ1n) is 14.6. The van der Waals surface area contributed by atoms with Crippen molar-refractivity contribution in [2.24, 2.45) is 0 Å². The number of furan rings is 1. The monoisotopic (exact) mass is 547 g/mol. The Hall–Kier alpha value is -5.73. The fraction of sp³-hybridized carbons (Fsp3) is 0. The van der Waals surface area contributed by atoms with E-state index in [1.54, 1.807) is 0 Å². The molecule has 0 amide bonds. The van der Waals surface area contributed by atoms with E-state index in [9.17, 15) is 0 Å². The maximum atomic E-state index is 6.33. The van der Waals surface area contributed by atoms with Crippen LogP contribution in [0.25, 0.3) is 87.8 Å². The number of pyridine rings is 1. The van der Waals surface area contributed by atoms with Crippen LogP contribution in [0.4, 0.5) is 0 Å². The van der Waals surface area contributed by atoms with E-state index in [-0.39, 0.29) is 0 Å². The number of fused-ring (bicyclic) bond motifs is 7. The summed E-state index contributed by atoms with van der Waals surface area (Å²) in [5.74, 6) is 0. The van der Waals surface area contributed by atoms with Gasteiger partial charge >= 0.3 is 0 Å². The van der Waals surface area contributed by atoms with Crippen LogP contribution in [-0.4, -0.2) is 4.98 Å². The summed E-state index contributed by atoms with van der Waals surface area (Å²) in [4.78, 5) is 4.99. The number of aromatic nitrogens is 1. The lowest BCUT2D eigenvalue weighted by molar-refractivity contribution is 0.669. The molecule has 43 heavy (non-hydrogen) atoms. The molecule has 0 saturated carbocycles. The lowest BCUT2D eigenvalue weighted by Crippen LogP contribution is -1.91. The minimum atomic E-state index is 0.878. The van der Waals surface area contributed by atoms with Gasteiger partial charge in [-0.05, 0) is 73.3 Å². The second kappa shape index (κ2) is 9.40. The average molecular weight is 548 g/mol. The first-order chi connectivity index (χ1) is 21.3. The van der Waals surface area contributed by atoms with E-state index >= 15 is 0 Å². The van der Waals surface area contributed by atoms with Crippen LogP contribution in [0, 0.1) is 0 Å². The van der Waals surface area contributed by atoms with Gasteiger partial charge in [0.2, 0.25) is 0 Å². The van der Waals surface area contributed by atoms with E-state index in [1.165, 1.54) is 54.4 Å². The van der Waals surface area contributed by atoms with Gasteiger partial charge < -0.3 is 4.42 Å². The Morgan fingerprint density at radius 3 is 1.67 bits per heavy atom. The Balaban J connectivity index is 1.20. The zero-order chi connectivity index (χ0) is 28.3. The van der Waals surface area contributed by atoms with Gasteiger partial charge in [0.15, 0.2) is 0 Å². The van der Waals surface area contributed by atoms with Crippen molar-refractivity contribution in [3.05, 3.63) is 152 Å². The minimum Gasteiger partial charge on any atom is -0.456 e. The summed E-state index contributed by atoms with van der Waals surface area (Å²) in [5.41, 5.74) is 8.56. The molecular weight excluding hydrogens is 522 g/mol. The van der Waals surface area contributed by atoms with Crippen LogP contribution in [0.2, 0.25) is 0 Å². The summed E-state index contributed by atoms with van der Waals surface area (Å²) in [5, 5.41) is 9.67. The molecule has 0 aliphatic carbocycles. The first-order valence-corrected chi connectivity index (χ1v) is 14.6. The van der Waals surface area contributed by atoms with E-state index in [0.29, 0.717) is 0 Å². The topological polar surface area (TPSA) is 26.0 Å². The van der Waals surface area contributed by atoms with Gasteiger partial charge in [0, 0.05) is 28.1 Å². The van der Waals surface area contributed by atoms with E-state index in [4.69, 9.17) is 9.40 Å². The molecule has 2 aromatic heterocycles. The third-order valence-electron chi connectivity index (χ3n) is 8.70. The molecule has 0 unspecified atom stereocenters. The van der Waals surface area contributed by atoms with Gasteiger partial charge in [0.05, 0.1) is 5.69 Å². The van der Waals surface area contributed by atoms with Crippen molar-refractivity contribution in [3.8, 4) is 33.5 Å². The number of rotatable bonds is 3. The van der Waals surface area contributed by atoms with Crippen molar-refractivity contribution in [2.75, 3.05) is 0 Å². The van der Waals surface area contributed by atoms with Gasteiger partial charge in [-0.3, -0.25) is 4.98 Å². The summed E-state index contributed by atoms with van der Waals surface area (Å²) in [6.45, 7) is 0. The Morgan fingerprint density at radius 1 is 0.395 bits per heavy atom. The second-order valence-corrected chi connectivity index (χ2v) is 11.1. The molecule has 2 nitrogen and oxygen atoms in total. The molecule has 200 valence electrons. The molecular formula is C41H25NO. The van der Waals surface area contributed by atoms with Crippen molar-refractivity contribution in [2.45, 2.75) is 0 Å². The lowest BCUT2D eigenvalue weighted by atomic mass is 9.86. The van der Waals surface area contributed by atoms with E-state index in [1.807, 2.05) is 6.20 Å². The average Bonchev–Trinajstić information content (AvgIpc) is 3.46. The normalized spacial score (nSPS) is 11.7. The van der Waals surface area contributed by atoms with Crippen LogP contribution in [0.3, 0.4) is 0 Å². The van der Waals surface area contributed by atoms with Crippen molar-refractivity contribution >= 4 is 54.3 Å². The highest BCUT2D eigenvalue weighted by molar-refractivity contribution is 6.21. The lowest BCUT2D eigenvalue weighted by Gasteiger charge is -2.17. The Bertz CT molecular complexity index is 2430. The van der Waals surface area contributed by atoms with Crippen LogP contribution < -0.4 is 0 Å². The van der Waals surface area contributed by atoms with Gasteiger partial charge in [-0.25, -0.2) is 0 Å². The van der Waals surface area contributed by atoms with Crippen LogP contribution in [0.15, 0.2) is 156 Å². The van der Waals surface area contributed by atoms with Gasteiger partial charge in [-0.2, -0.15) is 0 Å². The molecule has 2 heteroatoms. The summed E-state index contributed by atoms with van der Waals surface area (Å²) in [7, 11) is 0. The molecule has 0 N–H and O–H groups in total. The number of hydrogen-bond donors (Lipinski definition) is 0. The minimum absolute atomic E-state index is 0.878. The summed E-state index contributed by atoms with van der Waals surface area (Å²) < 4.78 is 6.33. The molecule has 0 atom stereocenters. The standard InChI is InChI=1S/C41H25NO/c1-2-11-27(12-3-1)39-31-14-6-8-16-33(31)40(34-17-9-7-15-32(34)39)29-19-22-36(42-25-29)28-18-21-35-38(24-28)43-37-23-20-26-10-4-5-13-30(26)41(35)37/h1-25H. The summed E-state index contributed by atoms with van der Waals surface area (Å²) in [6, 6.07) is 51.6. The third kappa shape index (κ3) is 3.70. The van der Waals surface area contributed by atoms with E-state index < -0.39 is 0 Å². The maximum Gasteiger partial charge on any atom is 0.136 e. The number of benzene rings is 7. The Labute approximate surface area is 248 Å². The van der Waals surface area contributed by atoms with Gasteiger partial charge in [-0.15, -0.1) is 0 Å². The molecule has 0 aliphatic rings. The molecule has 0 bridgehead atoms. The van der Waals surface area contributed by atoms with Gasteiger partial charge in [0.1, 0.15) is 11.2 Å². The SMILES string of the molecule is c1ccc(-c2c3ccccc3c(-c3ccc(-c4ccc5c(c4)oc4ccc6ccccc6c45)nc3)c3ccccc23)cc1. The predicted octanol–water partition coefficient (Wildman–Crippen LogP) is 11.4. The first kappa shape index (κ1) is 23.9. The van der Waals surface area contributed by atoms with E-state index in [2.05, 4.69) is 146 Å². The summed E-state index contributed by atoms with van der Waals surface area (Å²) in [6.07, 6.45) is 2.02. The third-order valence-corrected chi connectivity index (χ3v) is 8.70. The van der Waals surface area contributed by atoms with Crippen molar-refractivity contribution in [1.82, 2.24) is 4.98 Å². The molecule has 7 aromatic carbocycles. The smallest absolute Gasteiger partial charge is 0.136 e. The largest absolute Gasteiger partial charge is 0.456 e.